The van der Waals surface area contributed by atoms with Crippen molar-refractivity contribution in [3.05, 3.63) is 0 Å². The van der Waals surface area contributed by atoms with E-state index in [2.05, 4.69) is 4.52 Å². The van der Waals surface area contributed by atoms with E-state index in [-0.39, 0.29) is 6.10 Å². The molecule has 0 radical (unpaired) electrons. The summed E-state index contributed by atoms with van der Waals surface area (Å²) >= 11 is 0. The maximum atomic E-state index is 8.35. The molecule has 4 heteroatoms. The average molecular weight is 152 g/mol. The van der Waals surface area contributed by atoms with Gasteiger partial charge in [-0.2, -0.15) is 0 Å². The Labute approximate surface area is 56.7 Å². The van der Waals surface area contributed by atoms with Crippen LogP contribution in [0, 0.1) is 0 Å². The number of hydrogen-bond donors (Lipinski definition) is 2. The molecule has 0 rings (SSSR count). The molecule has 56 valence electrons. The Hall–Kier alpha value is 0.310. The predicted octanol–water partition coefficient (Wildman–Crippen LogP) is 1.40. The van der Waals surface area contributed by atoms with Crippen molar-refractivity contribution in [2.24, 2.45) is 0 Å². The summed E-state index contributed by atoms with van der Waals surface area (Å²) in [5.74, 6) is 0. The van der Waals surface area contributed by atoms with Crippen LogP contribution in [-0.2, 0) is 4.52 Å². The van der Waals surface area contributed by atoms with Crippen LogP contribution in [0.4, 0.5) is 0 Å². The Morgan fingerprint density at radius 2 is 2.11 bits per heavy atom. The van der Waals surface area contributed by atoms with Crippen molar-refractivity contribution in [3.8, 4) is 0 Å². The van der Waals surface area contributed by atoms with E-state index in [0.29, 0.717) is 0 Å². The third kappa shape index (κ3) is 6.19. The lowest BCUT2D eigenvalue weighted by atomic mass is 10.2. The van der Waals surface area contributed by atoms with Gasteiger partial charge in [0.15, 0.2) is 0 Å². The first-order valence-electron chi connectivity index (χ1n) is 3.01. The summed E-state index contributed by atoms with van der Waals surface area (Å²) in [5.41, 5.74) is 0. The Kier molecular flexibility index (Phi) is 5.30. The fourth-order valence-corrected chi connectivity index (χ4v) is 1.05. The van der Waals surface area contributed by atoms with Crippen molar-refractivity contribution in [1.29, 1.82) is 0 Å². The average Bonchev–Trinajstić information content (AvgIpc) is 1.63. The standard InChI is InChI=1S/C5H13O3P/c1-3-4-5(2)8-9(6)7/h5-7H,3-4H2,1-2H3. The third-order valence-electron chi connectivity index (χ3n) is 0.969. The summed E-state index contributed by atoms with van der Waals surface area (Å²) < 4.78 is 4.67. The minimum atomic E-state index is -2.15. The second-order valence-corrected chi connectivity index (χ2v) is 2.67. The van der Waals surface area contributed by atoms with Crippen LogP contribution in [-0.4, -0.2) is 15.9 Å². The van der Waals surface area contributed by atoms with Gasteiger partial charge in [-0.05, 0) is 13.3 Å². The molecule has 1 atom stereocenters. The summed E-state index contributed by atoms with van der Waals surface area (Å²) in [4.78, 5) is 16.7. The molecule has 0 bridgehead atoms. The monoisotopic (exact) mass is 152 g/mol. The summed E-state index contributed by atoms with van der Waals surface area (Å²) in [5, 5.41) is 0. The van der Waals surface area contributed by atoms with Gasteiger partial charge in [0.05, 0.1) is 6.10 Å². The maximum Gasteiger partial charge on any atom is 0.327 e. The SMILES string of the molecule is CCCC(C)OP(O)O. The van der Waals surface area contributed by atoms with Crippen LogP contribution in [0.3, 0.4) is 0 Å². The lowest BCUT2D eigenvalue weighted by Gasteiger charge is -2.10. The molecule has 0 aliphatic heterocycles. The lowest BCUT2D eigenvalue weighted by Crippen LogP contribution is -2.02. The van der Waals surface area contributed by atoms with E-state index >= 15 is 0 Å². The Balaban J connectivity index is 3.15. The van der Waals surface area contributed by atoms with Crippen molar-refractivity contribution in [2.45, 2.75) is 32.8 Å². The molecule has 0 aromatic rings. The molecule has 0 saturated carbocycles. The normalized spacial score (nSPS) is 14.3. The van der Waals surface area contributed by atoms with E-state index in [9.17, 15) is 0 Å². The summed E-state index contributed by atoms with van der Waals surface area (Å²) in [6.07, 6.45) is 1.85. The first-order chi connectivity index (χ1) is 4.16. The smallest absolute Gasteiger partial charge is 0.327 e. The second-order valence-electron chi connectivity index (χ2n) is 1.96. The summed E-state index contributed by atoms with van der Waals surface area (Å²) in [6.45, 7) is 3.85. The number of rotatable bonds is 4. The van der Waals surface area contributed by atoms with Crippen molar-refractivity contribution in [2.75, 3.05) is 0 Å². The molecule has 0 aromatic heterocycles. The van der Waals surface area contributed by atoms with Gasteiger partial charge in [-0.3, -0.25) is 0 Å². The van der Waals surface area contributed by atoms with Crippen LogP contribution in [0.1, 0.15) is 26.7 Å². The maximum absolute atomic E-state index is 8.35. The highest BCUT2D eigenvalue weighted by molar-refractivity contribution is 7.39. The highest BCUT2D eigenvalue weighted by Gasteiger charge is 2.05. The zero-order valence-corrected chi connectivity index (χ0v) is 6.64. The van der Waals surface area contributed by atoms with Gasteiger partial charge < -0.3 is 14.3 Å². The van der Waals surface area contributed by atoms with Crippen LogP contribution in [0.25, 0.3) is 0 Å². The quantitative estimate of drug-likeness (QED) is 0.598. The fourth-order valence-electron chi connectivity index (χ4n) is 0.620. The Morgan fingerprint density at radius 3 is 2.44 bits per heavy atom. The van der Waals surface area contributed by atoms with Gasteiger partial charge in [-0.1, -0.05) is 13.3 Å². The van der Waals surface area contributed by atoms with Gasteiger partial charge in [0, 0.05) is 0 Å². The van der Waals surface area contributed by atoms with Gasteiger partial charge in [0.25, 0.3) is 0 Å². The molecule has 3 nitrogen and oxygen atoms in total. The molecule has 0 fully saturated rings. The molecule has 9 heavy (non-hydrogen) atoms. The van der Waals surface area contributed by atoms with Crippen molar-refractivity contribution < 1.29 is 14.3 Å². The van der Waals surface area contributed by atoms with E-state index in [4.69, 9.17) is 9.79 Å². The van der Waals surface area contributed by atoms with Gasteiger partial charge in [0.1, 0.15) is 0 Å². The molecule has 0 saturated heterocycles. The van der Waals surface area contributed by atoms with E-state index < -0.39 is 8.60 Å². The van der Waals surface area contributed by atoms with Gasteiger partial charge in [-0.25, -0.2) is 0 Å². The minimum Gasteiger partial charge on any atom is -0.328 e. The van der Waals surface area contributed by atoms with Gasteiger partial charge in [0.2, 0.25) is 0 Å². The Morgan fingerprint density at radius 1 is 1.56 bits per heavy atom. The van der Waals surface area contributed by atoms with Crippen LogP contribution in [0.2, 0.25) is 0 Å². The lowest BCUT2D eigenvalue weighted by molar-refractivity contribution is 0.177. The van der Waals surface area contributed by atoms with Crippen LogP contribution in [0.5, 0.6) is 0 Å². The molecule has 0 aromatic carbocycles. The van der Waals surface area contributed by atoms with E-state index in [1.165, 1.54) is 0 Å². The van der Waals surface area contributed by atoms with Gasteiger partial charge in [-0.15, -0.1) is 0 Å². The van der Waals surface area contributed by atoms with Crippen LogP contribution in [0.15, 0.2) is 0 Å². The van der Waals surface area contributed by atoms with Crippen molar-refractivity contribution >= 4 is 8.60 Å². The van der Waals surface area contributed by atoms with Crippen molar-refractivity contribution in [3.63, 3.8) is 0 Å². The second kappa shape index (κ2) is 5.12. The zero-order chi connectivity index (χ0) is 7.28. The molecule has 0 aliphatic carbocycles. The van der Waals surface area contributed by atoms with Crippen LogP contribution >= 0.6 is 8.60 Å². The highest BCUT2D eigenvalue weighted by atomic mass is 31.2. The molecule has 0 amide bonds. The molecular formula is C5H13O3P. The van der Waals surface area contributed by atoms with Crippen LogP contribution < -0.4 is 0 Å². The zero-order valence-electron chi connectivity index (χ0n) is 5.74. The summed E-state index contributed by atoms with van der Waals surface area (Å²) in [6, 6.07) is 0. The minimum absolute atomic E-state index is 0.0314. The van der Waals surface area contributed by atoms with Gasteiger partial charge >= 0.3 is 8.60 Å². The number of hydrogen-bond acceptors (Lipinski definition) is 3. The molecule has 0 aliphatic rings. The van der Waals surface area contributed by atoms with E-state index in [0.717, 1.165) is 12.8 Å². The first kappa shape index (κ1) is 9.31. The molecular weight excluding hydrogens is 139 g/mol. The van der Waals surface area contributed by atoms with Crippen molar-refractivity contribution in [1.82, 2.24) is 0 Å². The predicted molar refractivity (Wildman–Crippen MR) is 36.8 cm³/mol. The fraction of sp³-hybridized carbons (Fsp3) is 1.00. The topological polar surface area (TPSA) is 49.7 Å². The molecule has 0 spiro atoms. The molecule has 2 N–H and O–H groups in total. The molecule has 1 unspecified atom stereocenters. The summed E-state index contributed by atoms with van der Waals surface area (Å²) in [7, 11) is -2.15. The molecule has 0 heterocycles. The highest BCUT2D eigenvalue weighted by Crippen LogP contribution is 2.27. The largest absolute Gasteiger partial charge is 0.328 e. The van der Waals surface area contributed by atoms with E-state index in [1.54, 1.807) is 0 Å². The third-order valence-corrected chi connectivity index (χ3v) is 1.52. The van der Waals surface area contributed by atoms with E-state index in [1.807, 2.05) is 13.8 Å². The Bertz CT molecular complexity index is 67.2. The first-order valence-corrected chi connectivity index (χ1v) is 4.18.